The summed E-state index contributed by atoms with van der Waals surface area (Å²) in [5.41, 5.74) is 8.35. The first-order chi connectivity index (χ1) is 12.7. The number of hydrogen-bond acceptors (Lipinski definition) is 4. The van der Waals surface area contributed by atoms with Crippen molar-refractivity contribution in [3.05, 3.63) is 65.7 Å². The quantitative estimate of drug-likeness (QED) is 0.363. The number of ether oxygens (including phenoxy) is 1. The summed E-state index contributed by atoms with van der Waals surface area (Å²) >= 11 is 0. The fraction of sp³-hybridized carbons (Fsp3) is 0.286. The Morgan fingerprint density at radius 2 is 1.79 bits per heavy atom. The minimum Gasteiger partial charge on any atom is -0.490 e. The SMILES string of the molecule is Cl.Cl.Cl.N=C(N)c1cccc(/C=C/CNc2ccc(OC3CCNCC3)cc2)c1. The smallest absolute Gasteiger partial charge is 0.122 e. The third-order valence-electron chi connectivity index (χ3n) is 4.38. The molecule has 0 amide bonds. The van der Waals surface area contributed by atoms with E-state index in [1.165, 1.54) is 0 Å². The summed E-state index contributed by atoms with van der Waals surface area (Å²) in [6, 6.07) is 15.8. The Morgan fingerprint density at radius 1 is 1.10 bits per heavy atom. The highest BCUT2D eigenvalue weighted by Crippen LogP contribution is 2.19. The molecular formula is C21H29Cl3N4O. The summed E-state index contributed by atoms with van der Waals surface area (Å²) < 4.78 is 6.01. The van der Waals surface area contributed by atoms with Gasteiger partial charge in [-0.05, 0) is 61.8 Å². The summed E-state index contributed by atoms with van der Waals surface area (Å²) in [6.07, 6.45) is 6.53. The zero-order valence-electron chi connectivity index (χ0n) is 16.1. The lowest BCUT2D eigenvalue weighted by Crippen LogP contribution is -2.34. The second-order valence-corrected chi connectivity index (χ2v) is 6.41. The Hall–Kier alpha value is -1.92. The number of benzene rings is 2. The molecule has 0 unspecified atom stereocenters. The van der Waals surface area contributed by atoms with E-state index in [0.29, 0.717) is 6.10 Å². The van der Waals surface area contributed by atoms with Crippen LogP contribution in [0.1, 0.15) is 24.0 Å². The van der Waals surface area contributed by atoms with Crippen LogP contribution in [0.25, 0.3) is 6.08 Å². The first-order valence-electron chi connectivity index (χ1n) is 9.03. The Balaban J connectivity index is 0.00000261. The zero-order valence-corrected chi connectivity index (χ0v) is 18.5. The van der Waals surface area contributed by atoms with Crippen molar-refractivity contribution in [2.45, 2.75) is 18.9 Å². The summed E-state index contributed by atoms with van der Waals surface area (Å²) in [6.45, 7) is 2.79. The van der Waals surface area contributed by atoms with E-state index in [1.54, 1.807) is 0 Å². The molecular weight excluding hydrogens is 431 g/mol. The second-order valence-electron chi connectivity index (χ2n) is 6.41. The van der Waals surface area contributed by atoms with Gasteiger partial charge in [-0.15, -0.1) is 37.2 Å². The third-order valence-corrected chi connectivity index (χ3v) is 4.38. The fourth-order valence-corrected chi connectivity index (χ4v) is 2.94. The number of halogens is 3. The number of nitrogens with two attached hydrogens (primary N) is 1. The van der Waals surface area contributed by atoms with Crippen LogP contribution in [-0.2, 0) is 0 Å². The monoisotopic (exact) mass is 458 g/mol. The van der Waals surface area contributed by atoms with Gasteiger partial charge in [0.05, 0.1) is 0 Å². The van der Waals surface area contributed by atoms with Gasteiger partial charge in [0.1, 0.15) is 17.7 Å². The molecule has 0 spiro atoms. The molecule has 0 bridgehead atoms. The molecule has 3 rings (SSSR count). The highest BCUT2D eigenvalue weighted by atomic mass is 35.5. The summed E-state index contributed by atoms with van der Waals surface area (Å²) in [4.78, 5) is 0. The molecule has 2 aromatic rings. The van der Waals surface area contributed by atoms with Crippen LogP contribution in [0.5, 0.6) is 5.75 Å². The van der Waals surface area contributed by atoms with Crippen molar-refractivity contribution in [3.8, 4) is 5.75 Å². The lowest BCUT2D eigenvalue weighted by Gasteiger charge is -2.23. The maximum Gasteiger partial charge on any atom is 0.122 e. The molecule has 1 aliphatic rings. The normalized spacial score (nSPS) is 13.5. The Labute approximate surface area is 191 Å². The molecule has 0 radical (unpaired) electrons. The molecule has 0 saturated carbocycles. The second kappa shape index (κ2) is 14.1. The fourth-order valence-electron chi connectivity index (χ4n) is 2.94. The van der Waals surface area contributed by atoms with E-state index in [4.69, 9.17) is 15.9 Å². The average molecular weight is 460 g/mol. The topological polar surface area (TPSA) is 83.2 Å². The van der Waals surface area contributed by atoms with Crippen LogP contribution in [-0.4, -0.2) is 31.6 Å². The lowest BCUT2D eigenvalue weighted by molar-refractivity contribution is 0.162. The van der Waals surface area contributed by atoms with Gasteiger partial charge < -0.3 is 21.1 Å². The predicted octanol–water partition coefficient (Wildman–Crippen LogP) is 4.49. The largest absolute Gasteiger partial charge is 0.490 e. The first kappa shape index (κ1) is 27.1. The van der Waals surface area contributed by atoms with Crippen molar-refractivity contribution < 1.29 is 4.74 Å². The van der Waals surface area contributed by atoms with E-state index >= 15 is 0 Å². The van der Waals surface area contributed by atoms with E-state index in [9.17, 15) is 0 Å². The molecule has 0 aliphatic carbocycles. The van der Waals surface area contributed by atoms with Gasteiger partial charge in [0.25, 0.3) is 0 Å². The van der Waals surface area contributed by atoms with Crippen LogP contribution in [0.15, 0.2) is 54.6 Å². The highest BCUT2D eigenvalue weighted by Gasteiger charge is 2.14. The van der Waals surface area contributed by atoms with E-state index in [0.717, 1.165) is 55.0 Å². The van der Waals surface area contributed by atoms with Gasteiger partial charge in [-0.25, -0.2) is 0 Å². The van der Waals surface area contributed by atoms with Crippen molar-refractivity contribution in [1.29, 1.82) is 5.41 Å². The van der Waals surface area contributed by atoms with Crippen LogP contribution < -0.4 is 21.1 Å². The van der Waals surface area contributed by atoms with Crippen LogP contribution in [0.4, 0.5) is 5.69 Å². The number of amidine groups is 1. The lowest BCUT2D eigenvalue weighted by atomic mass is 10.1. The van der Waals surface area contributed by atoms with Gasteiger partial charge in [-0.3, -0.25) is 5.41 Å². The number of nitrogen functional groups attached to an aromatic ring is 1. The molecule has 8 heteroatoms. The highest BCUT2D eigenvalue weighted by molar-refractivity contribution is 5.95. The number of rotatable bonds is 7. The van der Waals surface area contributed by atoms with Gasteiger partial charge in [0.2, 0.25) is 0 Å². The number of hydrogen-bond donors (Lipinski definition) is 4. The van der Waals surface area contributed by atoms with Crippen molar-refractivity contribution in [2.75, 3.05) is 25.0 Å². The number of piperidine rings is 1. The Bertz CT molecular complexity index is 763. The van der Waals surface area contributed by atoms with Crippen molar-refractivity contribution >= 4 is 54.8 Å². The van der Waals surface area contributed by atoms with Gasteiger partial charge in [0.15, 0.2) is 0 Å². The number of anilines is 1. The average Bonchev–Trinajstić information content (AvgIpc) is 2.67. The van der Waals surface area contributed by atoms with Crippen LogP contribution in [0.2, 0.25) is 0 Å². The van der Waals surface area contributed by atoms with E-state index < -0.39 is 0 Å². The minimum atomic E-state index is 0. The molecule has 0 aromatic heterocycles. The molecule has 5 N–H and O–H groups in total. The summed E-state index contributed by atoms with van der Waals surface area (Å²) in [7, 11) is 0. The predicted molar refractivity (Wildman–Crippen MR) is 130 cm³/mol. The van der Waals surface area contributed by atoms with Crippen LogP contribution in [0.3, 0.4) is 0 Å². The maximum absolute atomic E-state index is 7.48. The Morgan fingerprint density at radius 3 is 2.45 bits per heavy atom. The maximum atomic E-state index is 7.48. The van der Waals surface area contributed by atoms with Gasteiger partial charge in [0, 0.05) is 17.8 Å². The standard InChI is InChI=1S/C21H26N4O.3ClH/c22-21(23)17-5-1-3-16(15-17)4-2-12-25-18-6-8-19(9-7-18)26-20-10-13-24-14-11-20;;;/h1-9,15,20,24-25H,10-14H2,(H3,22,23);3*1H/b4-2+;;;. The summed E-state index contributed by atoms with van der Waals surface area (Å²) in [5.74, 6) is 1.02. The molecule has 0 atom stereocenters. The van der Waals surface area contributed by atoms with Gasteiger partial charge in [-0.1, -0.05) is 30.4 Å². The molecule has 1 aliphatic heterocycles. The van der Waals surface area contributed by atoms with Gasteiger partial charge >= 0.3 is 0 Å². The molecule has 160 valence electrons. The van der Waals surface area contributed by atoms with E-state index in [-0.39, 0.29) is 43.1 Å². The summed E-state index contributed by atoms with van der Waals surface area (Å²) in [5, 5.41) is 14.2. The van der Waals surface area contributed by atoms with E-state index in [1.807, 2.05) is 54.6 Å². The van der Waals surface area contributed by atoms with Crippen molar-refractivity contribution in [1.82, 2.24) is 5.32 Å². The molecule has 29 heavy (non-hydrogen) atoms. The molecule has 1 heterocycles. The molecule has 2 aromatic carbocycles. The Kier molecular flexibility index (Phi) is 13.2. The first-order valence-corrected chi connectivity index (χ1v) is 9.03. The van der Waals surface area contributed by atoms with Crippen LogP contribution in [0, 0.1) is 5.41 Å². The molecule has 5 nitrogen and oxygen atoms in total. The molecule has 1 fully saturated rings. The van der Waals surface area contributed by atoms with Crippen LogP contribution >= 0.6 is 37.2 Å². The van der Waals surface area contributed by atoms with Crippen molar-refractivity contribution in [2.24, 2.45) is 5.73 Å². The minimum absolute atomic E-state index is 0. The zero-order chi connectivity index (χ0) is 18.2. The van der Waals surface area contributed by atoms with Gasteiger partial charge in [-0.2, -0.15) is 0 Å². The third kappa shape index (κ3) is 8.96. The number of nitrogens with one attached hydrogen (secondary N) is 3. The van der Waals surface area contributed by atoms with Crippen molar-refractivity contribution in [3.63, 3.8) is 0 Å². The molecule has 1 saturated heterocycles. The van der Waals surface area contributed by atoms with E-state index in [2.05, 4.69) is 16.7 Å².